The quantitative estimate of drug-likeness (QED) is 0.865. The Bertz CT molecular complexity index is 835. The number of nitrogens with zero attached hydrogens (tertiary/aromatic N) is 1. The Kier molecular flexibility index (Phi) is 5.11. The summed E-state index contributed by atoms with van der Waals surface area (Å²) >= 11 is 0. The minimum absolute atomic E-state index is 0.0121. The van der Waals surface area contributed by atoms with Crippen LogP contribution in [0.15, 0.2) is 42.5 Å². The second kappa shape index (κ2) is 7.47. The molecule has 6 nitrogen and oxygen atoms in total. The van der Waals surface area contributed by atoms with Crippen LogP contribution in [-0.2, 0) is 4.79 Å². The van der Waals surface area contributed by atoms with E-state index in [1.54, 1.807) is 18.1 Å². The minimum atomic E-state index is -0.475. The highest BCUT2D eigenvalue weighted by atomic mass is 16.5. The maximum Gasteiger partial charge on any atom is 0.249 e. The summed E-state index contributed by atoms with van der Waals surface area (Å²) in [5.74, 6) is 0.187. The van der Waals surface area contributed by atoms with Gasteiger partial charge in [0.1, 0.15) is 11.8 Å². The summed E-state index contributed by atoms with van der Waals surface area (Å²) in [6.07, 6.45) is 1.60. The first-order valence-corrected chi connectivity index (χ1v) is 8.62. The Morgan fingerprint density at radius 1 is 1.27 bits per heavy atom. The first-order valence-electron chi connectivity index (χ1n) is 8.62. The fourth-order valence-corrected chi connectivity index (χ4v) is 3.28. The Hall–Kier alpha value is -3.02. The van der Waals surface area contributed by atoms with Gasteiger partial charge in [0.2, 0.25) is 11.8 Å². The van der Waals surface area contributed by atoms with Gasteiger partial charge in [0.25, 0.3) is 0 Å². The van der Waals surface area contributed by atoms with Crippen LogP contribution < -0.4 is 20.7 Å². The van der Waals surface area contributed by atoms with Gasteiger partial charge in [-0.25, -0.2) is 0 Å². The van der Waals surface area contributed by atoms with Gasteiger partial charge in [-0.15, -0.1) is 0 Å². The number of methoxy groups -OCH3 is 1. The number of nitrogens with one attached hydrogen (secondary N) is 1. The van der Waals surface area contributed by atoms with Gasteiger partial charge in [0, 0.05) is 17.8 Å². The Morgan fingerprint density at radius 3 is 2.77 bits per heavy atom. The molecule has 1 atom stereocenters. The number of hydrogen-bond acceptors (Lipinski definition) is 4. The monoisotopic (exact) mass is 353 g/mol. The highest BCUT2D eigenvalue weighted by molar-refractivity contribution is 6.01. The molecule has 3 rings (SSSR count). The number of primary amides is 1. The van der Waals surface area contributed by atoms with Crippen molar-refractivity contribution >= 4 is 23.2 Å². The molecule has 136 valence electrons. The number of amides is 2. The van der Waals surface area contributed by atoms with E-state index >= 15 is 0 Å². The molecule has 0 spiro atoms. The van der Waals surface area contributed by atoms with Crippen LogP contribution in [0.1, 0.15) is 28.8 Å². The Morgan fingerprint density at radius 2 is 2.04 bits per heavy atom. The van der Waals surface area contributed by atoms with E-state index < -0.39 is 5.91 Å². The summed E-state index contributed by atoms with van der Waals surface area (Å²) in [5, 5.41) is 3.25. The largest absolute Gasteiger partial charge is 0.495 e. The van der Waals surface area contributed by atoms with Crippen LogP contribution in [0.5, 0.6) is 5.75 Å². The molecule has 0 aliphatic carbocycles. The molecule has 0 bridgehead atoms. The number of benzene rings is 2. The number of piperidine rings is 1. The van der Waals surface area contributed by atoms with E-state index in [-0.39, 0.29) is 11.9 Å². The van der Waals surface area contributed by atoms with E-state index in [9.17, 15) is 9.59 Å². The zero-order chi connectivity index (χ0) is 18.7. The van der Waals surface area contributed by atoms with E-state index in [2.05, 4.69) is 5.32 Å². The fourth-order valence-electron chi connectivity index (χ4n) is 3.28. The molecule has 1 unspecified atom stereocenters. The van der Waals surface area contributed by atoms with Gasteiger partial charge in [0.15, 0.2) is 0 Å². The van der Waals surface area contributed by atoms with Gasteiger partial charge >= 0.3 is 0 Å². The molecule has 2 amide bonds. The molecular formula is C20H23N3O3. The Balaban J connectivity index is 1.82. The normalized spacial score (nSPS) is 17.1. The zero-order valence-corrected chi connectivity index (χ0v) is 15.0. The van der Waals surface area contributed by atoms with Crippen LogP contribution in [0.25, 0.3) is 0 Å². The van der Waals surface area contributed by atoms with Crippen LogP contribution in [0, 0.1) is 6.92 Å². The number of ether oxygens (including phenoxy) is 1. The molecule has 1 aliphatic heterocycles. The molecule has 6 heteroatoms. The van der Waals surface area contributed by atoms with E-state index in [0.717, 1.165) is 24.1 Å². The topological polar surface area (TPSA) is 84.7 Å². The van der Waals surface area contributed by atoms with E-state index in [1.807, 2.05) is 43.3 Å². The van der Waals surface area contributed by atoms with Gasteiger partial charge in [-0.2, -0.15) is 0 Å². The lowest BCUT2D eigenvalue weighted by molar-refractivity contribution is -0.120. The van der Waals surface area contributed by atoms with Crippen molar-refractivity contribution in [2.24, 2.45) is 5.73 Å². The second-order valence-corrected chi connectivity index (χ2v) is 6.39. The average molecular weight is 353 g/mol. The van der Waals surface area contributed by atoms with Crippen LogP contribution in [0.2, 0.25) is 0 Å². The number of anilines is 2. The molecule has 0 radical (unpaired) electrons. The molecule has 1 saturated heterocycles. The highest BCUT2D eigenvalue weighted by Gasteiger charge is 2.31. The van der Waals surface area contributed by atoms with Crippen molar-refractivity contribution in [2.45, 2.75) is 25.8 Å². The number of hydrogen-bond donors (Lipinski definition) is 2. The molecule has 2 aromatic rings. The average Bonchev–Trinajstić information content (AvgIpc) is 2.64. The molecule has 1 aliphatic rings. The number of aryl methyl sites for hydroxylation is 1. The Labute approximate surface area is 152 Å². The molecule has 2 aromatic carbocycles. The summed E-state index contributed by atoms with van der Waals surface area (Å²) in [6, 6.07) is 12.5. The van der Waals surface area contributed by atoms with Crippen LogP contribution in [0.4, 0.5) is 11.4 Å². The first kappa shape index (κ1) is 17.8. The standard InChI is InChI=1S/C20H23N3O3/c1-13-9-10-14(12-15(13)19(21)24)22-16-6-5-11-23(20(16)25)17-7-3-4-8-18(17)26-2/h3-4,7-10,12,16,22H,5-6,11H2,1-2H3,(H2,21,24). The van der Waals surface area contributed by atoms with Crippen LogP contribution in [0.3, 0.4) is 0 Å². The lowest BCUT2D eigenvalue weighted by Crippen LogP contribution is -2.47. The number of rotatable bonds is 5. The van der Waals surface area contributed by atoms with Crippen molar-refractivity contribution in [1.29, 1.82) is 0 Å². The van der Waals surface area contributed by atoms with E-state index in [0.29, 0.717) is 23.5 Å². The lowest BCUT2D eigenvalue weighted by Gasteiger charge is -2.34. The predicted molar refractivity (Wildman–Crippen MR) is 102 cm³/mol. The molecule has 3 N–H and O–H groups in total. The van der Waals surface area contributed by atoms with Crippen molar-refractivity contribution in [3.63, 3.8) is 0 Å². The van der Waals surface area contributed by atoms with Crippen molar-refractivity contribution in [2.75, 3.05) is 23.9 Å². The highest BCUT2D eigenvalue weighted by Crippen LogP contribution is 2.31. The summed E-state index contributed by atoms with van der Waals surface area (Å²) in [6.45, 7) is 2.48. The number of carbonyl (C=O) groups excluding carboxylic acids is 2. The smallest absolute Gasteiger partial charge is 0.249 e. The minimum Gasteiger partial charge on any atom is -0.495 e. The third kappa shape index (κ3) is 3.49. The third-order valence-electron chi connectivity index (χ3n) is 4.66. The van der Waals surface area contributed by atoms with Crippen molar-refractivity contribution in [3.8, 4) is 5.75 Å². The summed E-state index contributed by atoms with van der Waals surface area (Å²) in [7, 11) is 1.60. The number of para-hydroxylation sites is 2. The van der Waals surface area contributed by atoms with E-state index in [4.69, 9.17) is 10.5 Å². The summed E-state index contributed by atoms with van der Waals surface area (Å²) < 4.78 is 5.39. The number of carbonyl (C=O) groups is 2. The SMILES string of the molecule is COc1ccccc1N1CCCC(Nc2ccc(C)c(C(N)=O)c2)C1=O. The second-order valence-electron chi connectivity index (χ2n) is 6.39. The lowest BCUT2D eigenvalue weighted by atomic mass is 10.0. The van der Waals surface area contributed by atoms with Crippen molar-refractivity contribution in [1.82, 2.24) is 0 Å². The van der Waals surface area contributed by atoms with Crippen molar-refractivity contribution in [3.05, 3.63) is 53.6 Å². The first-order chi connectivity index (χ1) is 12.5. The van der Waals surface area contributed by atoms with Crippen LogP contribution >= 0.6 is 0 Å². The van der Waals surface area contributed by atoms with E-state index in [1.165, 1.54) is 0 Å². The maximum atomic E-state index is 13.0. The van der Waals surface area contributed by atoms with Gasteiger partial charge in [-0.3, -0.25) is 9.59 Å². The zero-order valence-electron chi connectivity index (χ0n) is 15.0. The van der Waals surface area contributed by atoms with Gasteiger partial charge in [-0.05, 0) is 49.6 Å². The summed E-state index contributed by atoms with van der Waals surface area (Å²) in [4.78, 5) is 26.3. The maximum absolute atomic E-state index is 13.0. The summed E-state index contributed by atoms with van der Waals surface area (Å²) in [5.41, 5.74) is 8.17. The fraction of sp³-hybridized carbons (Fsp3) is 0.300. The molecule has 1 fully saturated rings. The molecule has 0 aromatic heterocycles. The van der Waals surface area contributed by atoms with Crippen LogP contribution in [-0.4, -0.2) is 31.5 Å². The molecule has 1 heterocycles. The predicted octanol–water partition coefficient (Wildman–Crippen LogP) is 2.71. The van der Waals surface area contributed by atoms with Gasteiger partial charge in [-0.1, -0.05) is 18.2 Å². The molecule has 26 heavy (non-hydrogen) atoms. The van der Waals surface area contributed by atoms with Crippen molar-refractivity contribution < 1.29 is 14.3 Å². The third-order valence-corrected chi connectivity index (χ3v) is 4.66. The molecular weight excluding hydrogens is 330 g/mol. The number of nitrogens with two attached hydrogens (primary N) is 1. The van der Waals surface area contributed by atoms with Gasteiger partial charge in [0.05, 0.1) is 12.8 Å². The molecule has 0 saturated carbocycles. The van der Waals surface area contributed by atoms with Gasteiger partial charge < -0.3 is 20.7 Å².